The molecule has 1 unspecified atom stereocenters. The third-order valence-corrected chi connectivity index (χ3v) is 4.21. The van der Waals surface area contributed by atoms with Crippen LogP contribution in [0.2, 0.25) is 0 Å². The summed E-state index contributed by atoms with van der Waals surface area (Å²) in [5, 5.41) is 4.24. The smallest absolute Gasteiger partial charge is 0.0191 e. The summed E-state index contributed by atoms with van der Waals surface area (Å²) in [4.78, 5) is 1.44. The van der Waals surface area contributed by atoms with Crippen molar-refractivity contribution in [2.24, 2.45) is 0 Å². The lowest BCUT2D eigenvalue weighted by Crippen LogP contribution is -2.24. The van der Waals surface area contributed by atoms with Crippen LogP contribution in [-0.4, -0.2) is 17.8 Å². The summed E-state index contributed by atoms with van der Waals surface area (Å²) in [6.07, 6.45) is 2.75. The van der Waals surface area contributed by atoms with Crippen LogP contribution in [-0.2, 0) is 0 Å². The average molecular weight is 235 g/mol. The molecule has 1 fully saturated rings. The van der Waals surface area contributed by atoms with Gasteiger partial charge >= 0.3 is 0 Å². The highest BCUT2D eigenvalue weighted by atomic mass is 32.2. The van der Waals surface area contributed by atoms with Gasteiger partial charge in [-0.15, -0.1) is 11.8 Å². The molecule has 0 heterocycles. The molecule has 2 heteroatoms. The molecular weight excluding hydrogens is 214 g/mol. The fourth-order valence-electron chi connectivity index (χ4n) is 1.71. The predicted octanol–water partition coefficient (Wildman–Crippen LogP) is 3.54. The van der Waals surface area contributed by atoms with E-state index in [2.05, 4.69) is 44.3 Å². The summed E-state index contributed by atoms with van der Waals surface area (Å²) in [5.41, 5.74) is 2.75. The molecule has 1 saturated carbocycles. The van der Waals surface area contributed by atoms with E-state index in [4.69, 9.17) is 0 Å². The van der Waals surface area contributed by atoms with E-state index >= 15 is 0 Å². The van der Waals surface area contributed by atoms with Crippen LogP contribution in [0.3, 0.4) is 0 Å². The van der Waals surface area contributed by atoms with Gasteiger partial charge in [0.25, 0.3) is 0 Å². The quantitative estimate of drug-likeness (QED) is 0.784. The Hall–Kier alpha value is -0.470. The van der Waals surface area contributed by atoms with E-state index in [9.17, 15) is 0 Å². The van der Waals surface area contributed by atoms with Gasteiger partial charge in [0.1, 0.15) is 0 Å². The maximum atomic E-state index is 3.59. The summed E-state index contributed by atoms with van der Waals surface area (Å²) < 4.78 is 0. The minimum atomic E-state index is 0.654. The topological polar surface area (TPSA) is 12.0 Å². The third kappa shape index (κ3) is 3.53. The van der Waals surface area contributed by atoms with E-state index in [1.165, 1.54) is 28.9 Å². The maximum absolute atomic E-state index is 3.59. The van der Waals surface area contributed by atoms with Crippen LogP contribution in [0.15, 0.2) is 23.1 Å². The highest BCUT2D eigenvalue weighted by Gasteiger charge is 2.21. The van der Waals surface area contributed by atoms with Crippen LogP contribution in [0.25, 0.3) is 0 Å². The van der Waals surface area contributed by atoms with Crippen LogP contribution in [0, 0.1) is 13.8 Å². The van der Waals surface area contributed by atoms with Gasteiger partial charge in [-0.25, -0.2) is 0 Å². The molecule has 1 aliphatic rings. The summed E-state index contributed by atoms with van der Waals surface area (Å²) >= 11 is 1.99. The van der Waals surface area contributed by atoms with E-state index in [1.54, 1.807) is 0 Å². The van der Waals surface area contributed by atoms with Crippen LogP contribution in [0.5, 0.6) is 0 Å². The number of hydrogen-bond acceptors (Lipinski definition) is 2. The minimum absolute atomic E-state index is 0.654. The molecule has 1 N–H and O–H groups in total. The normalized spacial score (nSPS) is 17.4. The molecule has 0 saturated heterocycles. The number of thioether (sulfide) groups is 1. The van der Waals surface area contributed by atoms with Crippen LogP contribution in [0.4, 0.5) is 0 Å². The molecule has 1 aromatic carbocycles. The standard InChI is InChI=1S/C14H21NS/c1-10-4-5-11(2)14(8-10)16-12(3)9-15-13-6-7-13/h4-5,8,12-13,15H,6-7,9H2,1-3H3. The van der Waals surface area contributed by atoms with Crippen LogP contribution >= 0.6 is 11.8 Å². The lowest BCUT2D eigenvalue weighted by molar-refractivity contribution is 0.679. The third-order valence-electron chi connectivity index (χ3n) is 2.94. The molecule has 0 aromatic heterocycles. The first-order valence-corrected chi connectivity index (χ1v) is 7.00. The molecule has 88 valence electrons. The van der Waals surface area contributed by atoms with Crippen molar-refractivity contribution in [3.63, 3.8) is 0 Å². The SMILES string of the molecule is Cc1ccc(C)c(SC(C)CNC2CC2)c1. The molecular formula is C14H21NS. The van der Waals surface area contributed by atoms with Crippen molar-refractivity contribution in [1.29, 1.82) is 0 Å². The molecule has 16 heavy (non-hydrogen) atoms. The van der Waals surface area contributed by atoms with E-state index in [0.29, 0.717) is 5.25 Å². The van der Waals surface area contributed by atoms with E-state index < -0.39 is 0 Å². The zero-order valence-electron chi connectivity index (χ0n) is 10.4. The summed E-state index contributed by atoms with van der Waals surface area (Å²) in [6.45, 7) is 7.80. The minimum Gasteiger partial charge on any atom is -0.313 e. The lowest BCUT2D eigenvalue weighted by Gasteiger charge is -2.14. The van der Waals surface area contributed by atoms with Gasteiger partial charge < -0.3 is 5.32 Å². The van der Waals surface area contributed by atoms with Crippen molar-refractivity contribution < 1.29 is 0 Å². The Kier molecular flexibility index (Phi) is 3.93. The van der Waals surface area contributed by atoms with E-state index in [1.807, 2.05) is 11.8 Å². The first-order valence-electron chi connectivity index (χ1n) is 6.12. The van der Waals surface area contributed by atoms with Crippen LogP contribution < -0.4 is 5.32 Å². The van der Waals surface area contributed by atoms with Crippen molar-refractivity contribution in [2.45, 2.75) is 49.8 Å². The maximum Gasteiger partial charge on any atom is 0.0191 e. The molecule has 1 aliphatic carbocycles. The van der Waals surface area contributed by atoms with Gasteiger partial charge in [-0.1, -0.05) is 24.6 Å². The van der Waals surface area contributed by atoms with Crippen molar-refractivity contribution in [2.75, 3.05) is 6.54 Å². The lowest BCUT2D eigenvalue weighted by atomic mass is 10.2. The van der Waals surface area contributed by atoms with Crippen LogP contribution in [0.1, 0.15) is 30.9 Å². The molecule has 1 aromatic rings. The number of rotatable bonds is 5. The van der Waals surface area contributed by atoms with Gasteiger partial charge in [0.15, 0.2) is 0 Å². The molecule has 0 bridgehead atoms. The van der Waals surface area contributed by atoms with Crippen molar-refractivity contribution in [1.82, 2.24) is 5.32 Å². The molecule has 1 atom stereocenters. The van der Waals surface area contributed by atoms with E-state index in [0.717, 1.165) is 12.6 Å². The largest absolute Gasteiger partial charge is 0.313 e. The number of aryl methyl sites for hydroxylation is 2. The van der Waals surface area contributed by atoms with Gasteiger partial charge in [0.2, 0.25) is 0 Å². The average Bonchev–Trinajstić information content (AvgIpc) is 3.04. The zero-order chi connectivity index (χ0) is 11.5. The second kappa shape index (κ2) is 5.24. The van der Waals surface area contributed by atoms with Crippen molar-refractivity contribution in [3.05, 3.63) is 29.3 Å². The summed E-state index contributed by atoms with van der Waals surface area (Å²) in [7, 11) is 0. The predicted molar refractivity (Wildman–Crippen MR) is 72.3 cm³/mol. The fraction of sp³-hybridized carbons (Fsp3) is 0.571. The van der Waals surface area contributed by atoms with Crippen molar-refractivity contribution in [3.8, 4) is 0 Å². The van der Waals surface area contributed by atoms with Gasteiger partial charge in [0.05, 0.1) is 0 Å². The van der Waals surface area contributed by atoms with Crippen molar-refractivity contribution >= 4 is 11.8 Å². The van der Waals surface area contributed by atoms with Gasteiger partial charge in [-0.2, -0.15) is 0 Å². The van der Waals surface area contributed by atoms with E-state index in [-0.39, 0.29) is 0 Å². The number of nitrogens with one attached hydrogen (secondary N) is 1. The molecule has 0 aliphatic heterocycles. The van der Waals surface area contributed by atoms with Gasteiger partial charge in [0, 0.05) is 22.7 Å². The second-order valence-electron chi connectivity index (χ2n) is 4.88. The zero-order valence-corrected chi connectivity index (χ0v) is 11.2. The molecule has 2 rings (SSSR count). The van der Waals surface area contributed by atoms with Gasteiger partial charge in [-0.05, 0) is 38.3 Å². The number of benzene rings is 1. The molecule has 0 radical (unpaired) electrons. The Morgan fingerprint density at radius 1 is 1.38 bits per heavy atom. The molecule has 0 spiro atoms. The number of hydrogen-bond donors (Lipinski definition) is 1. The highest BCUT2D eigenvalue weighted by Crippen LogP contribution is 2.28. The first kappa shape index (κ1) is 12.0. The summed E-state index contributed by atoms with van der Waals surface area (Å²) in [6, 6.07) is 7.53. The first-order chi connectivity index (χ1) is 7.65. The van der Waals surface area contributed by atoms with Gasteiger partial charge in [-0.3, -0.25) is 0 Å². The Morgan fingerprint density at radius 3 is 2.81 bits per heavy atom. The monoisotopic (exact) mass is 235 g/mol. The molecule has 0 amide bonds. The highest BCUT2D eigenvalue weighted by molar-refractivity contribution is 8.00. The Balaban J connectivity index is 1.88. The Bertz CT molecular complexity index is 358. The Labute approximate surface area is 103 Å². The Morgan fingerprint density at radius 2 is 2.12 bits per heavy atom. The summed E-state index contributed by atoms with van der Waals surface area (Å²) in [5.74, 6) is 0. The fourth-order valence-corrected chi connectivity index (χ4v) is 2.83. The molecule has 1 nitrogen and oxygen atoms in total. The second-order valence-corrected chi connectivity index (χ2v) is 6.36.